The largest absolute Gasteiger partial charge is 0.377 e. The summed E-state index contributed by atoms with van der Waals surface area (Å²) in [6, 6.07) is 8.82. The second-order valence-electron chi connectivity index (χ2n) is 4.43. The SMILES string of the molecule is CC(C)c1ccc(C=C2CCOC2)cc1. The van der Waals surface area contributed by atoms with Gasteiger partial charge in [-0.15, -0.1) is 0 Å². The predicted octanol–water partition coefficient (Wildman–Crippen LogP) is 3.61. The van der Waals surface area contributed by atoms with Gasteiger partial charge in [-0.2, -0.15) is 0 Å². The Hall–Kier alpha value is -1.08. The summed E-state index contributed by atoms with van der Waals surface area (Å²) in [7, 11) is 0. The van der Waals surface area contributed by atoms with E-state index in [1.54, 1.807) is 0 Å². The van der Waals surface area contributed by atoms with Crippen LogP contribution < -0.4 is 0 Å². The number of hydrogen-bond donors (Lipinski definition) is 0. The Bertz CT molecular complexity index is 338. The molecule has 0 spiro atoms. The lowest BCUT2D eigenvalue weighted by molar-refractivity contribution is 0.205. The van der Waals surface area contributed by atoms with E-state index in [2.05, 4.69) is 44.2 Å². The van der Waals surface area contributed by atoms with E-state index in [0.29, 0.717) is 5.92 Å². The van der Waals surface area contributed by atoms with Crippen LogP contribution in [-0.2, 0) is 4.74 Å². The molecule has 1 heteroatoms. The fraction of sp³-hybridized carbons (Fsp3) is 0.429. The average molecular weight is 202 g/mol. The van der Waals surface area contributed by atoms with Crippen molar-refractivity contribution in [3.8, 4) is 0 Å². The molecule has 0 unspecified atom stereocenters. The molecule has 1 fully saturated rings. The lowest BCUT2D eigenvalue weighted by Crippen LogP contribution is -1.87. The van der Waals surface area contributed by atoms with Gasteiger partial charge in [-0.25, -0.2) is 0 Å². The number of hydrogen-bond acceptors (Lipinski definition) is 1. The molecule has 0 N–H and O–H groups in total. The van der Waals surface area contributed by atoms with E-state index >= 15 is 0 Å². The van der Waals surface area contributed by atoms with E-state index in [9.17, 15) is 0 Å². The van der Waals surface area contributed by atoms with Crippen LogP contribution in [0, 0.1) is 0 Å². The molecule has 1 nitrogen and oxygen atoms in total. The van der Waals surface area contributed by atoms with Crippen molar-refractivity contribution in [1.82, 2.24) is 0 Å². The van der Waals surface area contributed by atoms with Gasteiger partial charge >= 0.3 is 0 Å². The Morgan fingerprint density at radius 2 is 1.93 bits per heavy atom. The van der Waals surface area contributed by atoms with Gasteiger partial charge in [-0.3, -0.25) is 0 Å². The average Bonchev–Trinajstić information content (AvgIpc) is 2.71. The third-order valence-electron chi connectivity index (χ3n) is 2.83. The van der Waals surface area contributed by atoms with Gasteiger partial charge in [0.05, 0.1) is 13.2 Å². The van der Waals surface area contributed by atoms with E-state index in [4.69, 9.17) is 4.74 Å². The van der Waals surface area contributed by atoms with Gasteiger partial charge in [0.1, 0.15) is 0 Å². The van der Waals surface area contributed by atoms with Crippen LogP contribution >= 0.6 is 0 Å². The monoisotopic (exact) mass is 202 g/mol. The quantitative estimate of drug-likeness (QED) is 0.711. The molecule has 0 amide bonds. The van der Waals surface area contributed by atoms with Crippen LogP contribution in [0.3, 0.4) is 0 Å². The van der Waals surface area contributed by atoms with Crippen LogP contribution in [0.1, 0.15) is 37.3 Å². The van der Waals surface area contributed by atoms with Crippen LogP contribution in [-0.4, -0.2) is 13.2 Å². The van der Waals surface area contributed by atoms with Gasteiger partial charge in [0.25, 0.3) is 0 Å². The maximum atomic E-state index is 5.32. The first-order valence-corrected chi connectivity index (χ1v) is 5.63. The third-order valence-corrected chi connectivity index (χ3v) is 2.83. The lowest BCUT2D eigenvalue weighted by atomic mass is 10.0. The molecule has 1 aliphatic heterocycles. The molecule has 0 bridgehead atoms. The molecule has 0 atom stereocenters. The van der Waals surface area contributed by atoms with Gasteiger partial charge < -0.3 is 4.74 Å². The highest BCUT2D eigenvalue weighted by Crippen LogP contribution is 2.18. The van der Waals surface area contributed by atoms with Gasteiger partial charge in [0.2, 0.25) is 0 Å². The third kappa shape index (κ3) is 2.69. The topological polar surface area (TPSA) is 9.23 Å². The minimum atomic E-state index is 0.613. The highest BCUT2D eigenvalue weighted by Gasteiger charge is 2.06. The predicted molar refractivity (Wildman–Crippen MR) is 63.9 cm³/mol. The van der Waals surface area contributed by atoms with Crippen LogP contribution in [0.4, 0.5) is 0 Å². The molecule has 15 heavy (non-hydrogen) atoms. The molecular weight excluding hydrogens is 184 g/mol. The van der Waals surface area contributed by atoms with Crippen molar-refractivity contribution in [2.75, 3.05) is 13.2 Å². The highest BCUT2D eigenvalue weighted by molar-refractivity contribution is 5.54. The van der Waals surface area contributed by atoms with E-state index in [0.717, 1.165) is 19.6 Å². The standard InChI is InChI=1S/C14H18O/c1-11(2)14-5-3-12(4-6-14)9-13-7-8-15-10-13/h3-6,9,11H,7-8,10H2,1-2H3. The summed E-state index contributed by atoms with van der Waals surface area (Å²) < 4.78 is 5.32. The maximum absolute atomic E-state index is 5.32. The Labute approximate surface area is 91.8 Å². The van der Waals surface area contributed by atoms with Gasteiger partial charge in [0, 0.05) is 0 Å². The summed E-state index contributed by atoms with van der Waals surface area (Å²) in [5.74, 6) is 0.613. The highest BCUT2D eigenvalue weighted by atomic mass is 16.5. The Kier molecular flexibility index (Phi) is 3.22. The zero-order valence-corrected chi connectivity index (χ0v) is 9.49. The summed E-state index contributed by atoms with van der Waals surface area (Å²) in [6.07, 6.45) is 3.34. The summed E-state index contributed by atoms with van der Waals surface area (Å²) in [6.45, 7) is 6.14. The molecule has 1 aliphatic rings. The lowest BCUT2D eigenvalue weighted by Gasteiger charge is -2.05. The van der Waals surface area contributed by atoms with E-state index < -0.39 is 0 Å². The fourth-order valence-electron chi connectivity index (χ4n) is 1.81. The van der Waals surface area contributed by atoms with Gasteiger partial charge in [0.15, 0.2) is 0 Å². The summed E-state index contributed by atoms with van der Waals surface area (Å²) in [4.78, 5) is 0. The molecule has 0 saturated carbocycles. The second kappa shape index (κ2) is 4.63. The van der Waals surface area contributed by atoms with Crippen LogP contribution in [0.25, 0.3) is 6.08 Å². The normalized spacial score (nSPS) is 19.0. The van der Waals surface area contributed by atoms with Crippen LogP contribution in [0.15, 0.2) is 29.8 Å². The van der Waals surface area contributed by atoms with E-state index in [-0.39, 0.29) is 0 Å². The minimum absolute atomic E-state index is 0.613. The van der Waals surface area contributed by atoms with E-state index in [1.165, 1.54) is 16.7 Å². The fourth-order valence-corrected chi connectivity index (χ4v) is 1.81. The van der Waals surface area contributed by atoms with Crippen LogP contribution in [0.5, 0.6) is 0 Å². The number of rotatable bonds is 2. The first-order chi connectivity index (χ1) is 7.25. The maximum Gasteiger partial charge on any atom is 0.0681 e. The Morgan fingerprint density at radius 3 is 2.47 bits per heavy atom. The zero-order valence-electron chi connectivity index (χ0n) is 9.49. The number of ether oxygens (including phenoxy) is 1. The van der Waals surface area contributed by atoms with Crippen molar-refractivity contribution in [2.45, 2.75) is 26.2 Å². The smallest absolute Gasteiger partial charge is 0.0681 e. The molecule has 0 radical (unpaired) electrons. The summed E-state index contributed by atoms with van der Waals surface area (Å²) >= 11 is 0. The molecule has 0 aromatic heterocycles. The van der Waals surface area contributed by atoms with Crippen molar-refractivity contribution < 1.29 is 4.74 Å². The molecule has 2 rings (SSSR count). The van der Waals surface area contributed by atoms with Crippen molar-refractivity contribution >= 4 is 6.08 Å². The van der Waals surface area contributed by atoms with Gasteiger partial charge in [-0.1, -0.05) is 44.2 Å². The van der Waals surface area contributed by atoms with Gasteiger partial charge in [-0.05, 0) is 29.0 Å². The molecule has 1 aromatic rings. The molecule has 0 aliphatic carbocycles. The zero-order chi connectivity index (χ0) is 10.7. The Balaban J connectivity index is 2.13. The first-order valence-electron chi connectivity index (χ1n) is 5.63. The molecule has 1 heterocycles. The molecule has 1 saturated heterocycles. The summed E-state index contributed by atoms with van der Waals surface area (Å²) in [5.41, 5.74) is 4.10. The Morgan fingerprint density at radius 1 is 1.20 bits per heavy atom. The van der Waals surface area contributed by atoms with Crippen LogP contribution in [0.2, 0.25) is 0 Å². The van der Waals surface area contributed by atoms with Crippen molar-refractivity contribution in [2.24, 2.45) is 0 Å². The molecular formula is C14H18O. The summed E-state index contributed by atoms with van der Waals surface area (Å²) in [5, 5.41) is 0. The van der Waals surface area contributed by atoms with Crippen molar-refractivity contribution in [3.05, 3.63) is 41.0 Å². The van der Waals surface area contributed by atoms with E-state index in [1.807, 2.05) is 0 Å². The second-order valence-corrected chi connectivity index (χ2v) is 4.43. The number of benzene rings is 1. The first kappa shape index (κ1) is 10.4. The molecule has 80 valence electrons. The van der Waals surface area contributed by atoms with Crippen molar-refractivity contribution in [1.29, 1.82) is 0 Å². The molecule has 1 aromatic carbocycles. The van der Waals surface area contributed by atoms with Crippen molar-refractivity contribution in [3.63, 3.8) is 0 Å². The minimum Gasteiger partial charge on any atom is -0.377 e.